The van der Waals surface area contributed by atoms with E-state index in [-0.39, 0.29) is 17.7 Å². The minimum atomic E-state index is -2.78. The number of fused-ring (bicyclic) bond motifs is 5. The molecule has 200 valence electrons. The first-order valence-electron chi connectivity index (χ1n) is 12.5. The van der Waals surface area contributed by atoms with Crippen LogP contribution in [0.2, 0.25) is 0 Å². The van der Waals surface area contributed by atoms with Gasteiger partial charge in [0.15, 0.2) is 34.7 Å². The Labute approximate surface area is 222 Å². The lowest BCUT2D eigenvalue weighted by molar-refractivity contribution is -0.179. The van der Waals surface area contributed by atoms with Crippen molar-refractivity contribution >= 4 is 50.6 Å². The first kappa shape index (κ1) is 25.1. The maximum atomic E-state index is 14.1. The Bertz CT molecular complexity index is 1680. The number of methoxy groups -OCH3 is 1. The molecule has 3 aromatic rings. The molecular weight excluding hydrogens is 504 g/mol. The quantitative estimate of drug-likeness (QED) is 0.332. The Morgan fingerprint density at radius 2 is 1.74 bits per heavy atom. The highest BCUT2D eigenvalue weighted by Crippen LogP contribution is 2.55. The van der Waals surface area contributed by atoms with Gasteiger partial charge in [-0.15, -0.1) is 0 Å². The number of hydrogen-bond donors (Lipinski definition) is 3. The largest absolute Gasteiger partial charge is 0.507 e. The van der Waals surface area contributed by atoms with Gasteiger partial charge in [0, 0.05) is 17.2 Å². The van der Waals surface area contributed by atoms with E-state index in [0.717, 1.165) is 10.8 Å². The fourth-order valence-corrected chi connectivity index (χ4v) is 7.14. The van der Waals surface area contributed by atoms with E-state index in [2.05, 4.69) is 0 Å². The highest BCUT2D eigenvalue weighted by atomic mass is 16.5. The minimum absolute atomic E-state index is 0.0631. The third-order valence-corrected chi connectivity index (χ3v) is 8.80. The van der Waals surface area contributed by atoms with Crippen LogP contribution in [0.4, 0.5) is 0 Å². The van der Waals surface area contributed by atoms with Gasteiger partial charge in [-0.3, -0.25) is 28.9 Å². The van der Waals surface area contributed by atoms with Crippen molar-refractivity contribution in [2.24, 2.45) is 23.5 Å². The van der Waals surface area contributed by atoms with E-state index in [0.29, 0.717) is 22.1 Å². The molecule has 0 spiro atoms. The first-order chi connectivity index (χ1) is 18.4. The zero-order valence-corrected chi connectivity index (χ0v) is 21.4. The van der Waals surface area contributed by atoms with Gasteiger partial charge in [0.2, 0.25) is 5.91 Å². The predicted molar refractivity (Wildman–Crippen MR) is 138 cm³/mol. The molecule has 6 atom stereocenters. The summed E-state index contributed by atoms with van der Waals surface area (Å²) in [6.07, 6.45) is -0.0654. The topological polar surface area (TPSA) is 164 Å². The van der Waals surface area contributed by atoms with Crippen LogP contribution in [-0.2, 0) is 19.2 Å². The van der Waals surface area contributed by atoms with E-state index in [1.54, 1.807) is 26.2 Å². The van der Waals surface area contributed by atoms with Crippen LogP contribution < -0.4 is 10.5 Å². The molecule has 0 radical (unpaired) electrons. The Morgan fingerprint density at radius 1 is 1.05 bits per heavy atom. The Morgan fingerprint density at radius 3 is 2.38 bits per heavy atom. The van der Waals surface area contributed by atoms with Crippen molar-refractivity contribution in [3.8, 4) is 11.5 Å². The molecule has 3 aromatic carbocycles. The number of phenols is 1. The average Bonchev–Trinajstić information content (AvgIpc) is 2.88. The molecular formula is C29H26N2O8. The second kappa shape index (κ2) is 8.17. The van der Waals surface area contributed by atoms with Crippen molar-refractivity contribution in [3.05, 3.63) is 47.5 Å². The van der Waals surface area contributed by atoms with E-state index in [4.69, 9.17) is 10.5 Å². The SMILES string of the molecule is COc1ccc2c(c1)cc1c3c(c(O)ccc32)C(=O)C2C(=O)[C@]3(O)C(=O)C(C(N)=O)C(=O)[C@@H](N(C)C)[C@@H]3C[C@H]12. The normalized spacial score (nSPS) is 30.0. The number of nitrogens with two attached hydrogens (primary N) is 1. The third kappa shape index (κ3) is 3.06. The van der Waals surface area contributed by atoms with Gasteiger partial charge in [-0.1, -0.05) is 18.2 Å². The molecule has 10 nitrogen and oxygen atoms in total. The van der Waals surface area contributed by atoms with Crippen molar-refractivity contribution in [2.45, 2.75) is 24.0 Å². The number of amides is 1. The fraction of sp³-hybridized carbons (Fsp3) is 0.345. The summed E-state index contributed by atoms with van der Waals surface area (Å²) in [4.78, 5) is 68.4. The molecule has 1 amide bonds. The summed E-state index contributed by atoms with van der Waals surface area (Å²) >= 11 is 0. The lowest BCUT2D eigenvalue weighted by Crippen LogP contribution is -2.73. The van der Waals surface area contributed by atoms with E-state index < -0.39 is 64.4 Å². The number of likely N-dealkylation sites (N-methyl/N-ethyl adjacent to an activating group) is 1. The molecule has 10 heteroatoms. The monoisotopic (exact) mass is 530 g/mol. The van der Waals surface area contributed by atoms with Gasteiger partial charge in [0.25, 0.3) is 0 Å². The molecule has 3 aliphatic rings. The van der Waals surface area contributed by atoms with Crippen LogP contribution in [0.25, 0.3) is 21.5 Å². The Kier molecular flexibility index (Phi) is 5.27. The number of benzene rings is 3. The van der Waals surface area contributed by atoms with Gasteiger partial charge in [0.1, 0.15) is 11.5 Å². The number of aliphatic hydroxyl groups is 1. The number of aromatic hydroxyl groups is 1. The van der Waals surface area contributed by atoms with Crippen molar-refractivity contribution < 1.29 is 38.9 Å². The third-order valence-electron chi connectivity index (χ3n) is 8.80. The highest BCUT2D eigenvalue weighted by Gasteiger charge is 2.69. The molecule has 39 heavy (non-hydrogen) atoms. The van der Waals surface area contributed by atoms with Crippen LogP contribution in [0.3, 0.4) is 0 Å². The van der Waals surface area contributed by atoms with Gasteiger partial charge in [0.05, 0.1) is 24.6 Å². The second-order valence-corrected chi connectivity index (χ2v) is 10.9. The number of primary amides is 1. The van der Waals surface area contributed by atoms with Crippen molar-refractivity contribution in [2.75, 3.05) is 21.2 Å². The molecule has 6 rings (SSSR count). The summed E-state index contributed by atoms with van der Waals surface area (Å²) in [5.74, 6) is -10.4. The zero-order valence-electron chi connectivity index (χ0n) is 21.4. The summed E-state index contributed by atoms with van der Waals surface area (Å²) in [5.41, 5.74) is 3.12. The molecule has 2 fully saturated rings. The van der Waals surface area contributed by atoms with Crippen molar-refractivity contribution in [3.63, 3.8) is 0 Å². The molecule has 3 aliphatic carbocycles. The molecule has 0 aromatic heterocycles. The van der Waals surface area contributed by atoms with Crippen LogP contribution in [0.1, 0.15) is 28.3 Å². The van der Waals surface area contributed by atoms with Gasteiger partial charge >= 0.3 is 0 Å². The summed E-state index contributed by atoms with van der Waals surface area (Å²) in [6, 6.07) is 9.18. The van der Waals surface area contributed by atoms with Crippen LogP contribution in [0.15, 0.2) is 36.4 Å². The van der Waals surface area contributed by atoms with E-state index in [1.165, 1.54) is 18.1 Å². The van der Waals surface area contributed by atoms with Crippen LogP contribution in [-0.4, -0.2) is 77.0 Å². The molecule has 0 bridgehead atoms. The number of phenolic OH excluding ortho intramolecular Hbond substituents is 1. The van der Waals surface area contributed by atoms with E-state index >= 15 is 0 Å². The maximum absolute atomic E-state index is 14.1. The molecule has 0 aliphatic heterocycles. The summed E-state index contributed by atoms with van der Waals surface area (Å²) in [6.45, 7) is 0. The number of ether oxygens (including phenoxy) is 1. The van der Waals surface area contributed by atoms with Crippen LogP contribution in [0, 0.1) is 17.8 Å². The predicted octanol–water partition coefficient (Wildman–Crippen LogP) is 1.11. The van der Waals surface area contributed by atoms with E-state index in [1.807, 2.05) is 18.2 Å². The van der Waals surface area contributed by atoms with Crippen molar-refractivity contribution in [1.29, 1.82) is 0 Å². The minimum Gasteiger partial charge on any atom is -0.507 e. The van der Waals surface area contributed by atoms with Crippen molar-refractivity contribution in [1.82, 2.24) is 4.90 Å². The molecule has 2 saturated carbocycles. The summed E-state index contributed by atoms with van der Waals surface area (Å²) in [7, 11) is 4.64. The fourth-order valence-electron chi connectivity index (χ4n) is 7.14. The standard InChI is InChI=1S/C29H26N2O8/c1-31(2)23-17-10-16-15-9-11-8-12(39-3)4-5-13(11)14-6-7-18(32)21(19(14)15)24(33)20(16)26(35)29(17,38)27(36)22(25(23)34)28(30)37/h4-9,16-17,20,22-23,32,38H,10H2,1-3H3,(H2,30,37)/t16-,17+,20?,22?,23+,29+/m1/s1. The summed E-state index contributed by atoms with van der Waals surface area (Å²) < 4.78 is 5.38. The first-order valence-corrected chi connectivity index (χ1v) is 12.5. The maximum Gasteiger partial charge on any atom is 0.235 e. The van der Waals surface area contributed by atoms with Gasteiger partial charge in [-0.25, -0.2) is 0 Å². The Balaban J connectivity index is 1.64. The van der Waals surface area contributed by atoms with Gasteiger partial charge in [-0.2, -0.15) is 0 Å². The average molecular weight is 531 g/mol. The number of carbonyl (C=O) groups is 5. The number of carbonyl (C=O) groups excluding carboxylic acids is 5. The number of rotatable bonds is 3. The zero-order chi connectivity index (χ0) is 28.1. The van der Waals surface area contributed by atoms with Gasteiger partial charge in [-0.05, 0) is 60.4 Å². The number of hydrogen-bond acceptors (Lipinski definition) is 9. The smallest absolute Gasteiger partial charge is 0.235 e. The van der Waals surface area contributed by atoms with Gasteiger partial charge < -0.3 is 20.7 Å². The molecule has 0 heterocycles. The number of Topliss-reactive ketones (excluding diaryl/α,β-unsaturated/α-hetero) is 4. The molecule has 2 unspecified atom stereocenters. The molecule has 0 saturated heterocycles. The van der Waals surface area contributed by atoms with E-state index in [9.17, 15) is 34.2 Å². The number of nitrogens with zero attached hydrogens (tertiary/aromatic N) is 1. The van der Waals surface area contributed by atoms with Crippen LogP contribution in [0.5, 0.6) is 11.5 Å². The lowest BCUT2D eigenvalue weighted by Gasteiger charge is -2.52. The van der Waals surface area contributed by atoms with Crippen LogP contribution >= 0.6 is 0 Å². The Hall–Kier alpha value is -4.15. The number of ketones is 4. The summed E-state index contributed by atoms with van der Waals surface area (Å²) in [5, 5.41) is 25.3. The molecule has 4 N–H and O–H groups in total. The lowest BCUT2D eigenvalue weighted by atomic mass is 9.52. The highest BCUT2D eigenvalue weighted by molar-refractivity contribution is 6.34. The second-order valence-electron chi connectivity index (χ2n) is 10.9.